The lowest BCUT2D eigenvalue weighted by molar-refractivity contribution is 0.984. The molecule has 0 amide bonds. The van der Waals surface area contributed by atoms with Crippen molar-refractivity contribution in [1.82, 2.24) is 0 Å². The van der Waals surface area contributed by atoms with Crippen LogP contribution in [-0.4, -0.2) is 7.05 Å². The zero-order valence-corrected chi connectivity index (χ0v) is 21.1. The van der Waals surface area contributed by atoms with E-state index < -0.39 is 0 Å². The van der Waals surface area contributed by atoms with Gasteiger partial charge < -0.3 is 9.80 Å². The molecule has 0 saturated carbocycles. The summed E-state index contributed by atoms with van der Waals surface area (Å²) >= 11 is 0. The van der Waals surface area contributed by atoms with Gasteiger partial charge in [-0.1, -0.05) is 84.9 Å². The summed E-state index contributed by atoms with van der Waals surface area (Å²) in [6.07, 6.45) is 6.77. The van der Waals surface area contributed by atoms with Crippen LogP contribution in [0.25, 0.3) is 17.2 Å². The molecule has 0 radical (unpaired) electrons. The van der Waals surface area contributed by atoms with Crippen molar-refractivity contribution in [2.45, 2.75) is 12.8 Å². The molecule has 0 heterocycles. The Morgan fingerprint density at radius 2 is 1.08 bits per heavy atom. The second-order valence-corrected chi connectivity index (χ2v) is 9.45. The molecule has 0 N–H and O–H groups in total. The van der Waals surface area contributed by atoms with E-state index in [-0.39, 0.29) is 0 Å². The Morgan fingerprint density at radius 1 is 0.514 bits per heavy atom. The zero-order valence-electron chi connectivity index (χ0n) is 21.1. The minimum absolute atomic E-state index is 1.09. The van der Waals surface area contributed by atoms with Gasteiger partial charge in [0.1, 0.15) is 0 Å². The Bertz CT molecular complexity index is 1500. The molecule has 0 fully saturated rings. The third-order valence-corrected chi connectivity index (χ3v) is 7.15. The highest BCUT2D eigenvalue weighted by Crippen LogP contribution is 2.40. The molecular weight excluding hydrogens is 448 g/mol. The quantitative estimate of drug-likeness (QED) is 0.240. The predicted octanol–water partition coefficient (Wildman–Crippen LogP) is 9.55. The Morgan fingerprint density at radius 3 is 1.78 bits per heavy atom. The van der Waals surface area contributed by atoms with E-state index in [2.05, 4.69) is 156 Å². The SMILES string of the molecule is CN(c1ccc(-c2ccccc2)cc1)c1ccc(N(c2ccccc2)c2cccc3c2C=CCC3)cc1. The summed E-state index contributed by atoms with van der Waals surface area (Å²) in [4.78, 5) is 4.60. The van der Waals surface area contributed by atoms with Crippen molar-refractivity contribution in [3.8, 4) is 11.1 Å². The molecule has 0 unspecified atom stereocenters. The number of fused-ring (bicyclic) bond motifs is 1. The molecule has 1 aliphatic rings. The van der Waals surface area contributed by atoms with Crippen LogP contribution in [0.1, 0.15) is 17.5 Å². The molecular formula is C35H30N2. The lowest BCUT2D eigenvalue weighted by Crippen LogP contribution is -2.13. The zero-order chi connectivity index (χ0) is 25.0. The summed E-state index contributed by atoms with van der Waals surface area (Å²) in [5.41, 5.74) is 11.0. The molecule has 2 nitrogen and oxygen atoms in total. The number of nitrogens with zero attached hydrogens (tertiary/aromatic N) is 2. The summed E-state index contributed by atoms with van der Waals surface area (Å²) in [5, 5.41) is 0. The highest BCUT2D eigenvalue weighted by Gasteiger charge is 2.18. The van der Waals surface area contributed by atoms with Crippen LogP contribution in [-0.2, 0) is 6.42 Å². The van der Waals surface area contributed by atoms with Crippen molar-refractivity contribution < 1.29 is 0 Å². The van der Waals surface area contributed by atoms with Crippen LogP contribution >= 0.6 is 0 Å². The van der Waals surface area contributed by atoms with E-state index in [1.54, 1.807) is 0 Å². The fraction of sp³-hybridized carbons (Fsp3) is 0.0857. The maximum absolute atomic E-state index is 2.37. The van der Waals surface area contributed by atoms with Gasteiger partial charge in [-0.15, -0.1) is 0 Å². The van der Waals surface area contributed by atoms with Gasteiger partial charge in [0.05, 0.1) is 5.69 Å². The van der Waals surface area contributed by atoms with Crippen molar-refractivity contribution in [2.24, 2.45) is 0 Å². The topological polar surface area (TPSA) is 6.48 Å². The number of aryl methyl sites for hydroxylation is 1. The Labute approximate surface area is 219 Å². The Hall–Kier alpha value is -4.56. The molecule has 0 aliphatic heterocycles. The highest BCUT2D eigenvalue weighted by molar-refractivity contribution is 5.84. The first kappa shape index (κ1) is 22.9. The number of rotatable bonds is 6. The van der Waals surface area contributed by atoms with E-state index in [4.69, 9.17) is 0 Å². The number of anilines is 5. The summed E-state index contributed by atoms with van der Waals surface area (Å²) in [6.45, 7) is 0. The molecule has 1 aliphatic carbocycles. The second-order valence-electron chi connectivity index (χ2n) is 9.45. The van der Waals surface area contributed by atoms with E-state index in [1.165, 1.54) is 27.9 Å². The van der Waals surface area contributed by atoms with E-state index >= 15 is 0 Å². The average molecular weight is 479 g/mol. The van der Waals surface area contributed by atoms with Gasteiger partial charge in [-0.2, -0.15) is 0 Å². The van der Waals surface area contributed by atoms with Crippen molar-refractivity contribution in [3.05, 3.63) is 145 Å². The first-order chi connectivity index (χ1) is 18.3. The second kappa shape index (κ2) is 10.2. The molecule has 2 heteroatoms. The number of allylic oxidation sites excluding steroid dienone is 1. The maximum atomic E-state index is 2.37. The molecule has 180 valence electrons. The van der Waals surface area contributed by atoms with Crippen molar-refractivity contribution >= 4 is 34.5 Å². The lowest BCUT2D eigenvalue weighted by atomic mass is 9.95. The number of benzene rings is 5. The van der Waals surface area contributed by atoms with E-state index in [0.717, 1.165) is 35.6 Å². The van der Waals surface area contributed by atoms with Crippen LogP contribution in [0.4, 0.5) is 28.4 Å². The van der Waals surface area contributed by atoms with Gasteiger partial charge in [-0.3, -0.25) is 0 Å². The molecule has 0 aromatic heterocycles. The number of hydrogen-bond donors (Lipinski definition) is 0. The monoisotopic (exact) mass is 478 g/mol. The van der Waals surface area contributed by atoms with Crippen LogP contribution in [0.5, 0.6) is 0 Å². The average Bonchev–Trinajstić information content (AvgIpc) is 2.98. The molecule has 5 aromatic rings. The first-order valence-corrected chi connectivity index (χ1v) is 12.9. The molecule has 0 bridgehead atoms. The van der Waals surface area contributed by atoms with Gasteiger partial charge >= 0.3 is 0 Å². The molecule has 37 heavy (non-hydrogen) atoms. The van der Waals surface area contributed by atoms with Crippen LogP contribution in [0.2, 0.25) is 0 Å². The standard InChI is InChI=1S/C35H30N2/c1-36(30-21-19-28(20-22-30)27-11-4-2-5-12-27)31-23-25-33(26-24-31)37(32-15-6-3-7-16-32)35-18-10-14-29-13-8-9-17-34(29)35/h2-7,9-12,14-26H,8,13H2,1H3. The summed E-state index contributed by atoms with van der Waals surface area (Å²) in [6, 6.07) is 45.5. The summed E-state index contributed by atoms with van der Waals surface area (Å²) in [7, 11) is 2.12. The fourth-order valence-electron chi connectivity index (χ4n) is 5.13. The van der Waals surface area contributed by atoms with Crippen LogP contribution in [0.3, 0.4) is 0 Å². The number of hydrogen-bond acceptors (Lipinski definition) is 2. The summed E-state index contributed by atoms with van der Waals surface area (Å²) < 4.78 is 0. The van der Waals surface area contributed by atoms with Gasteiger partial charge in [0.25, 0.3) is 0 Å². The molecule has 0 saturated heterocycles. The first-order valence-electron chi connectivity index (χ1n) is 12.9. The third-order valence-electron chi connectivity index (χ3n) is 7.15. The van der Waals surface area contributed by atoms with Crippen LogP contribution in [0, 0.1) is 0 Å². The van der Waals surface area contributed by atoms with Gasteiger partial charge in [0, 0.05) is 35.4 Å². The van der Waals surface area contributed by atoms with Crippen molar-refractivity contribution in [3.63, 3.8) is 0 Å². The van der Waals surface area contributed by atoms with Gasteiger partial charge in [-0.05, 0) is 84.1 Å². The van der Waals surface area contributed by atoms with Crippen molar-refractivity contribution in [1.29, 1.82) is 0 Å². The number of para-hydroxylation sites is 1. The van der Waals surface area contributed by atoms with Crippen LogP contribution in [0.15, 0.2) is 133 Å². The van der Waals surface area contributed by atoms with Gasteiger partial charge in [-0.25, -0.2) is 0 Å². The molecule has 0 atom stereocenters. The fourth-order valence-corrected chi connectivity index (χ4v) is 5.13. The van der Waals surface area contributed by atoms with E-state index in [1.807, 2.05) is 0 Å². The normalized spacial score (nSPS) is 12.1. The van der Waals surface area contributed by atoms with Crippen LogP contribution < -0.4 is 9.80 Å². The largest absolute Gasteiger partial charge is 0.345 e. The smallest absolute Gasteiger partial charge is 0.0536 e. The molecule has 0 spiro atoms. The minimum atomic E-state index is 1.09. The van der Waals surface area contributed by atoms with E-state index in [0.29, 0.717) is 0 Å². The predicted molar refractivity (Wildman–Crippen MR) is 158 cm³/mol. The Kier molecular flexibility index (Phi) is 6.31. The highest BCUT2D eigenvalue weighted by atomic mass is 15.1. The third kappa shape index (κ3) is 4.66. The minimum Gasteiger partial charge on any atom is -0.345 e. The van der Waals surface area contributed by atoms with E-state index in [9.17, 15) is 0 Å². The molecule has 6 rings (SSSR count). The molecule has 5 aromatic carbocycles. The Balaban J connectivity index is 1.32. The lowest BCUT2D eigenvalue weighted by Gasteiger charge is -2.29. The maximum Gasteiger partial charge on any atom is 0.0536 e. The van der Waals surface area contributed by atoms with Gasteiger partial charge in [0.2, 0.25) is 0 Å². The summed E-state index contributed by atoms with van der Waals surface area (Å²) in [5.74, 6) is 0. The van der Waals surface area contributed by atoms with Crippen molar-refractivity contribution in [2.75, 3.05) is 16.8 Å². The van der Waals surface area contributed by atoms with Gasteiger partial charge in [0.15, 0.2) is 0 Å².